The van der Waals surface area contributed by atoms with Gasteiger partial charge in [0.1, 0.15) is 0 Å². The first-order valence-electron chi connectivity index (χ1n) is 11.8. The summed E-state index contributed by atoms with van der Waals surface area (Å²) < 4.78 is 13.1. The minimum absolute atomic E-state index is 0. The molecule has 32 heavy (non-hydrogen) atoms. The highest BCUT2D eigenvalue weighted by Gasteiger charge is 2.32. The van der Waals surface area contributed by atoms with Crippen molar-refractivity contribution in [3.63, 3.8) is 0 Å². The molecule has 0 N–H and O–H groups in total. The van der Waals surface area contributed by atoms with Crippen LogP contribution >= 0.6 is 12.4 Å². The number of aromatic nitrogens is 4. The van der Waals surface area contributed by atoms with Crippen LogP contribution in [0.5, 0.6) is 11.5 Å². The van der Waals surface area contributed by atoms with Crippen LogP contribution in [-0.4, -0.2) is 63.0 Å². The van der Waals surface area contributed by atoms with Crippen LogP contribution in [0, 0.1) is 5.92 Å². The second-order valence-electron chi connectivity index (χ2n) is 9.57. The smallest absolute Gasteiger partial charge is 0.231 e. The van der Waals surface area contributed by atoms with Crippen molar-refractivity contribution in [1.29, 1.82) is 0 Å². The van der Waals surface area contributed by atoms with Gasteiger partial charge >= 0.3 is 0 Å². The fourth-order valence-electron chi connectivity index (χ4n) is 5.22. The lowest BCUT2D eigenvalue weighted by Gasteiger charge is -2.39. The number of tetrazole rings is 1. The van der Waals surface area contributed by atoms with Crippen LogP contribution in [0.2, 0.25) is 0 Å². The molecule has 0 bridgehead atoms. The van der Waals surface area contributed by atoms with Crippen molar-refractivity contribution in [3.8, 4) is 11.5 Å². The van der Waals surface area contributed by atoms with Crippen molar-refractivity contribution in [3.05, 3.63) is 29.6 Å². The van der Waals surface area contributed by atoms with Gasteiger partial charge in [-0.25, -0.2) is 4.68 Å². The average molecular weight is 463 g/mol. The van der Waals surface area contributed by atoms with Crippen molar-refractivity contribution >= 4 is 12.4 Å². The molecule has 3 aliphatic rings. The zero-order valence-electron chi connectivity index (χ0n) is 19.2. The number of halogens is 1. The molecule has 0 radical (unpaired) electrons. The topological polar surface area (TPSA) is 68.5 Å². The van der Waals surface area contributed by atoms with Crippen LogP contribution in [0.15, 0.2) is 18.2 Å². The molecule has 1 saturated heterocycles. The van der Waals surface area contributed by atoms with E-state index >= 15 is 0 Å². The van der Waals surface area contributed by atoms with Gasteiger partial charge in [0.2, 0.25) is 6.79 Å². The largest absolute Gasteiger partial charge is 0.454 e. The van der Waals surface area contributed by atoms with Gasteiger partial charge in [0.25, 0.3) is 0 Å². The summed E-state index contributed by atoms with van der Waals surface area (Å²) in [5, 5.41) is 13.0. The summed E-state index contributed by atoms with van der Waals surface area (Å²) in [6, 6.07) is 7.06. The zero-order chi connectivity index (χ0) is 21.2. The highest BCUT2D eigenvalue weighted by molar-refractivity contribution is 5.85. The molecule has 1 aromatic carbocycles. The van der Waals surface area contributed by atoms with Crippen LogP contribution in [0.1, 0.15) is 69.4 Å². The van der Waals surface area contributed by atoms with E-state index in [2.05, 4.69) is 56.0 Å². The van der Waals surface area contributed by atoms with Crippen molar-refractivity contribution in [2.45, 2.75) is 64.6 Å². The van der Waals surface area contributed by atoms with Gasteiger partial charge in [0.15, 0.2) is 17.3 Å². The van der Waals surface area contributed by atoms with E-state index in [-0.39, 0.29) is 12.4 Å². The van der Waals surface area contributed by atoms with Crippen molar-refractivity contribution in [2.24, 2.45) is 5.92 Å². The van der Waals surface area contributed by atoms with E-state index in [0.29, 0.717) is 24.8 Å². The van der Waals surface area contributed by atoms with Gasteiger partial charge in [0.05, 0.1) is 12.1 Å². The Kier molecular flexibility index (Phi) is 7.53. The Morgan fingerprint density at radius 3 is 2.53 bits per heavy atom. The van der Waals surface area contributed by atoms with Gasteiger partial charge in [-0.1, -0.05) is 32.8 Å². The van der Waals surface area contributed by atoms with Gasteiger partial charge in [-0.3, -0.25) is 9.80 Å². The number of rotatable bonds is 7. The van der Waals surface area contributed by atoms with Crippen molar-refractivity contribution in [2.75, 3.05) is 33.0 Å². The van der Waals surface area contributed by atoms with E-state index in [9.17, 15) is 0 Å². The predicted octanol–water partition coefficient (Wildman–Crippen LogP) is 3.84. The summed E-state index contributed by atoms with van der Waals surface area (Å²) in [6.45, 7) is 10.0. The van der Waals surface area contributed by atoms with Gasteiger partial charge in [-0.05, 0) is 53.3 Å². The molecule has 2 fully saturated rings. The summed E-state index contributed by atoms with van der Waals surface area (Å²) in [6.07, 6.45) is 6.08. The molecular formula is C23H35ClN6O2. The molecule has 9 heteroatoms. The zero-order valence-corrected chi connectivity index (χ0v) is 20.0. The van der Waals surface area contributed by atoms with E-state index in [1.165, 1.54) is 31.2 Å². The number of piperazine rings is 1. The molecule has 8 nitrogen and oxygen atoms in total. The third-order valence-electron chi connectivity index (χ3n) is 6.87. The Morgan fingerprint density at radius 1 is 1.03 bits per heavy atom. The molecule has 2 aliphatic heterocycles. The first kappa shape index (κ1) is 23.3. The Bertz CT molecular complexity index is 877. The molecule has 2 aromatic rings. The summed E-state index contributed by atoms with van der Waals surface area (Å²) in [5.74, 6) is 3.40. The second kappa shape index (κ2) is 10.4. The van der Waals surface area contributed by atoms with E-state index in [0.717, 1.165) is 56.5 Å². The van der Waals surface area contributed by atoms with Gasteiger partial charge < -0.3 is 9.47 Å². The average Bonchev–Trinajstić information content (AvgIpc) is 3.53. The van der Waals surface area contributed by atoms with E-state index < -0.39 is 0 Å². The van der Waals surface area contributed by atoms with Gasteiger partial charge in [-0.2, -0.15) is 0 Å². The second-order valence-corrected chi connectivity index (χ2v) is 9.57. The van der Waals surface area contributed by atoms with Gasteiger partial charge in [0, 0.05) is 32.7 Å². The Morgan fingerprint density at radius 2 is 1.78 bits per heavy atom. The molecule has 3 heterocycles. The quantitative estimate of drug-likeness (QED) is 0.619. The predicted molar refractivity (Wildman–Crippen MR) is 124 cm³/mol. The molecular weight excluding hydrogens is 428 g/mol. The molecule has 1 unspecified atom stereocenters. The number of benzene rings is 1. The fraction of sp³-hybridized carbons (Fsp3) is 0.696. The van der Waals surface area contributed by atoms with Crippen LogP contribution in [0.25, 0.3) is 0 Å². The third-order valence-corrected chi connectivity index (χ3v) is 6.87. The molecule has 0 spiro atoms. The van der Waals surface area contributed by atoms with Crippen LogP contribution < -0.4 is 9.47 Å². The Labute approximate surface area is 196 Å². The maximum atomic E-state index is 5.54. The maximum Gasteiger partial charge on any atom is 0.231 e. The number of hydrogen-bond acceptors (Lipinski definition) is 7. The van der Waals surface area contributed by atoms with E-state index in [4.69, 9.17) is 9.47 Å². The van der Waals surface area contributed by atoms with E-state index in [1.807, 2.05) is 6.07 Å². The van der Waals surface area contributed by atoms with Gasteiger partial charge in [-0.15, -0.1) is 17.5 Å². The standard InChI is InChI=1S/C23H34N6O2.ClH/c1-17(2)13-20(23-24-25-26-29(23)19-5-3-4-6-19)28-11-9-27(10-12-28)15-18-7-8-21-22(14-18)31-16-30-21;/h7-8,14,17,19-20H,3-6,9-13,15-16H2,1-2H3;1H. The Hall–Kier alpha value is -1.90. The Balaban J connectivity index is 0.00000245. The fourth-order valence-corrected chi connectivity index (χ4v) is 5.22. The van der Waals surface area contributed by atoms with Crippen LogP contribution in [0.4, 0.5) is 0 Å². The molecule has 1 atom stereocenters. The number of ether oxygens (including phenoxy) is 2. The minimum atomic E-state index is 0. The number of hydrogen-bond donors (Lipinski definition) is 0. The summed E-state index contributed by atoms with van der Waals surface area (Å²) >= 11 is 0. The molecule has 176 valence electrons. The lowest BCUT2D eigenvalue weighted by Crippen LogP contribution is -2.48. The summed E-state index contributed by atoms with van der Waals surface area (Å²) in [5.41, 5.74) is 1.28. The monoisotopic (exact) mass is 462 g/mol. The first-order valence-corrected chi connectivity index (χ1v) is 11.8. The summed E-state index contributed by atoms with van der Waals surface area (Å²) in [4.78, 5) is 5.13. The highest BCUT2D eigenvalue weighted by atomic mass is 35.5. The SMILES string of the molecule is CC(C)CC(c1nnnn1C1CCCC1)N1CCN(Cc2ccc3c(c2)OCO3)CC1.Cl. The normalized spacial score (nSPS) is 20.6. The molecule has 1 aromatic heterocycles. The highest BCUT2D eigenvalue weighted by Crippen LogP contribution is 2.35. The molecule has 0 amide bonds. The molecule has 1 saturated carbocycles. The number of nitrogens with zero attached hydrogens (tertiary/aromatic N) is 6. The lowest BCUT2D eigenvalue weighted by molar-refractivity contribution is 0.0759. The van der Waals surface area contributed by atoms with Crippen LogP contribution in [0.3, 0.4) is 0 Å². The van der Waals surface area contributed by atoms with Crippen molar-refractivity contribution < 1.29 is 9.47 Å². The van der Waals surface area contributed by atoms with Crippen molar-refractivity contribution in [1.82, 2.24) is 30.0 Å². The lowest BCUT2D eigenvalue weighted by atomic mass is 10.0. The first-order chi connectivity index (χ1) is 15.2. The van der Waals surface area contributed by atoms with Crippen LogP contribution in [-0.2, 0) is 6.54 Å². The van der Waals surface area contributed by atoms with E-state index in [1.54, 1.807) is 0 Å². The molecule has 5 rings (SSSR count). The summed E-state index contributed by atoms with van der Waals surface area (Å²) in [7, 11) is 0. The molecule has 1 aliphatic carbocycles. The maximum absolute atomic E-state index is 5.54. The number of fused-ring (bicyclic) bond motifs is 1. The minimum Gasteiger partial charge on any atom is -0.454 e. The third kappa shape index (κ3) is 5.02.